The van der Waals surface area contributed by atoms with Crippen molar-refractivity contribution in [3.63, 3.8) is 0 Å². The van der Waals surface area contributed by atoms with E-state index in [1.807, 2.05) is 30.3 Å². The molecule has 180 valence electrons. The van der Waals surface area contributed by atoms with Gasteiger partial charge in [0.25, 0.3) is 5.91 Å². The van der Waals surface area contributed by atoms with E-state index >= 15 is 0 Å². The Morgan fingerprint density at radius 3 is 2.37 bits per heavy atom. The Morgan fingerprint density at radius 2 is 1.63 bits per heavy atom. The highest BCUT2D eigenvalue weighted by Crippen LogP contribution is 2.39. The van der Waals surface area contributed by atoms with Crippen molar-refractivity contribution in [3.8, 4) is 11.1 Å². The van der Waals surface area contributed by atoms with Crippen LogP contribution in [0.3, 0.4) is 0 Å². The number of fused-ring (bicyclic) bond motifs is 3. The second kappa shape index (κ2) is 9.61. The average Bonchev–Trinajstić information content (AvgIpc) is 2.94. The highest BCUT2D eigenvalue weighted by molar-refractivity contribution is 6.07. The Labute approximate surface area is 199 Å². The SMILES string of the molecule is C[C@@H](C(=O)NCc1cc(F)cc(F)c1F)C(=O)N[C@H]1C(=O)N(C)c2ccccc2-c2ccccc21. The minimum Gasteiger partial charge on any atom is -0.351 e. The number of halogens is 3. The first-order valence-corrected chi connectivity index (χ1v) is 10.9. The number of carbonyl (C=O) groups excluding carboxylic acids is 3. The van der Waals surface area contributed by atoms with Gasteiger partial charge in [0, 0.05) is 30.8 Å². The fraction of sp³-hybridized carbons (Fsp3) is 0.192. The monoisotopic (exact) mass is 481 g/mol. The van der Waals surface area contributed by atoms with Crippen molar-refractivity contribution in [1.82, 2.24) is 10.6 Å². The fourth-order valence-corrected chi connectivity index (χ4v) is 4.03. The summed E-state index contributed by atoms with van der Waals surface area (Å²) >= 11 is 0. The number of amides is 3. The summed E-state index contributed by atoms with van der Waals surface area (Å²) in [6.07, 6.45) is 0. The zero-order valence-corrected chi connectivity index (χ0v) is 18.9. The van der Waals surface area contributed by atoms with Gasteiger partial charge in [0.2, 0.25) is 11.8 Å². The summed E-state index contributed by atoms with van der Waals surface area (Å²) in [5.74, 6) is -6.84. The largest absolute Gasteiger partial charge is 0.351 e. The highest BCUT2D eigenvalue weighted by atomic mass is 19.2. The van der Waals surface area contributed by atoms with E-state index in [9.17, 15) is 27.6 Å². The molecule has 0 aliphatic carbocycles. The lowest BCUT2D eigenvalue weighted by Gasteiger charge is -2.24. The van der Waals surface area contributed by atoms with Gasteiger partial charge in [-0.3, -0.25) is 14.4 Å². The Morgan fingerprint density at radius 1 is 0.971 bits per heavy atom. The molecule has 0 saturated heterocycles. The van der Waals surface area contributed by atoms with Crippen LogP contribution in [0.5, 0.6) is 0 Å². The molecule has 35 heavy (non-hydrogen) atoms. The van der Waals surface area contributed by atoms with E-state index in [-0.39, 0.29) is 5.91 Å². The van der Waals surface area contributed by atoms with Gasteiger partial charge < -0.3 is 15.5 Å². The van der Waals surface area contributed by atoms with Gasteiger partial charge >= 0.3 is 0 Å². The summed E-state index contributed by atoms with van der Waals surface area (Å²) in [4.78, 5) is 40.3. The number of likely N-dealkylation sites (N-methyl/N-ethyl adjacent to an activating group) is 1. The van der Waals surface area contributed by atoms with Gasteiger partial charge in [0.05, 0.1) is 5.69 Å². The average molecular weight is 481 g/mol. The first kappa shape index (κ1) is 24.0. The third kappa shape index (κ3) is 4.62. The first-order chi connectivity index (χ1) is 16.7. The van der Waals surface area contributed by atoms with E-state index in [1.54, 1.807) is 25.2 Å². The van der Waals surface area contributed by atoms with Crippen molar-refractivity contribution in [2.75, 3.05) is 11.9 Å². The molecule has 1 aliphatic heterocycles. The van der Waals surface area contributed by atoms with Crippen molar-refractivity contribution < 1.29 is 27.6 Å². The number of carbonyl (C=O) groups is 3. The number of nitrogens with one attached hydrogen (secondary N) is 2. The Balaban J connectivity index is 1.53. The van der Waals surface area contributed by atoms with Gasteiger partial charge in [-0.15, -0.1) is 0 Å². The van der Waals surface area contributed by atoms with Crippen molar-refractivity contribution in [2.24, 2.45) is 5.92 Å². The smallest absolute Gasteiger partial charge is 0.253 e. The van der Waals surface area contributed by atoms with Crippen molar-refractivity contribution in [3.05, 3.63) is 89.2 Å². The number of hydrogen-bond donors (Lipinski definition) is 2. The van der Waals surface area contributed by atoms with Crippen molar-refractivity contribution >= 4 is 23.4 Å². The van der Waals surface area contributed by atoms with Gasteiger partial charge in [0.1, 0.15) is 17.8 Å². The molecular weight excluding hydrogens is 459 g/mol. The van der Waals surface area contributed by atoms with Crippen LogP contribution in [-0.2, 0) is 20.9 Å². The zero-order valence-electron chi connectivity index (χ0n) is 18.9. The predicted octanol–water partition coefficient (Wildman–Crippen LogP) is 3.86. The summed E-state index contributed by atoms with van der Waals surface area (Å²) in [6, 6.07) is 14.6. The zero-order chi connectivity index (χ0) is 25.3. The first-order valence-electron chi connectivity index (χ1n) is 10.9. The summed E-state index contributed by atoms with van der Waals surface area (Å²) in [7, 11) is 1.61. The predicted molar refractivity (Wildman–Crippen MR) is 123 cm³/mol. The van der Waals surface area contributed by atoms with Gasteiger partial charge in [-0.1, -0.05) is 42.5 Å². The topological polar surface area (TPSA) is 78.5 Å². The summed E-state index contributed by atoms with van der Waals surface area (Å²) in [5.41, 5.74) is 2.46. The standard InChI is InChI=1S/C26H22F3N3O3/c1-14(24(33)30-13-15-11-16(27)12-20(28)22(15)29)25(34)31-23-19-9-4-3-7-17(19)18-8-5-6-10-21(18)32(2)26(23)35/h3-12,14,23H,13H2,1-2H3,(H,30,33)(H,31,34)/t14-,23+/m0/s1. The number of rotatable bonds is 5. The van der Waals surface area contributed by atoms with E-state index in [2.05, 4.69) is 10.6 Å². The van der Waals surface area contributed by atoms with Crippen LogP contribution in [0.25, 0.3) is 11.1 Å². The number of para-hydroxylation sites is 1. The van der Waals surface area contributed by atoms with Crippen LogP contribution in [0.15, 0.2) is 60.7 Å². The molecule has 0 saturated carbocycles. The second-order valence-electron chi connectivity index (χ2n) is 8.24. The van der Waals surface area contributed by atoms with Crippen molar-refractivity contribution in [2.45, 2.75) is 19.5 Å². The summed E-state index contributed by atoms with van der Waals surface area (Å²) < 4.78 is 40.6. The highest BCUT2D eigenvalue weighted by Gasteiger charge is 2.35. The minimum atomic E-state index is -1.38. The summed E-state index contributed by atoms with van der Waals surface area (Å²) in [5, 5.41) is 4.96. The molecule has 3 aromatic carbocycles. The normalized spacial score (nSPS) is 15.5. The molecule has 3 aromatic rings. The maximum atomic E-state index is 13.9. The molecule has 1 heterocycles. The quantitative estimate of drug-likeness (QED) is 0.429. The molecule has 3 amide bonds. The third-order valence-electron chi connectivity index (χ3n) is 6.00. The van der Waals surface area contributed by atoms with E-state index in [0.717, 1.165) is 17.2 Å². The molecule has 4 rings (SSSR count). The molecule has 0 unspecified atom stereocenters. The Kier molecular flexibility index (Phi) is 6.59. The Bertz CT molecular complexity index is 1330. The molecule has 9 heteroatoms. The van der Waals surface area contributed by atoms with E-state index in [0.29, 0.717) is 17.3 Å². The molecule has 0 aromatic heterocycles. The Hall–Kier alpha value is -4.14. The molecule has 0 radical (unpaired) electrons. The third-order valence-corrected chi connectivity index (χ3v) is 6.00. The van der Waals surface area contributed by atoms with E-state index in [1.165, 1.54) is 11.8 Å². The van der Waals surface area contributed by atoms with Crippen molar-refractivity contribution in [1.29, 1.82) is 0 Å². The number of hydrogen-bond acceptors (Lipinski definition) is 3. The fourth-order valence-electron chi connectivity index (χ4n) is 4.03. The van der Waals surface area contributed by atoms with Crippen LogP contribution < -0.4 is 15.5 Å². The lowest BCUT2D eigenvalue weighted by Crippen LogP contribution is -2.45. The maximum absolute atomic E-state index is 13.9. The summed E-state index contributed by atoms with van der Waals surface area (Å²) in [6.45, 7) is 0.805. The molecule has 0 fully saturated rings. The van der Waals surface area contributed by atoms with Crippen LogP contribution in [0.2, 0.25) is 0 Å². The second-order valence-corrected chi connectivity index (χ2v) is 8.24. The van der Waals surface area contributed by atoms with Gasteiger partial charge in [-0.25, -0.2) is 13.2 Å². The number of nitrogens with zero attached hydrogens (tertiary/aromatic N) is 1. The molecule has 0 spiro atoms. The van der Waals surface area contributed by atoms with E-state index in [4.69, 9.17) is 0 Å². The number of anilines is 1. The van der Waals surface area contributed by atoms with Gasteiger partial charge in [-0.05, 0) is 30.2 Å². The van der Waals surface area contributed by atoms with Gasteiger partial charge in [-0.2, -0.15) is 0 Å². The molecule has 2 atom stereocenters. The molecule has 0 bridgehead atoms. The number of benzene rings is 3. The van der Waals surface area contributed by atoms with Crippen LogP contribution in [0.1, 0.15) is 24.1 Å². The molecule has 6 nitrogen and oxygen atoms in total. The van der Waals surface area contributed by atoms with Crippen LogP contribution in [0.4, 0.5) is 18.9 Å². The van der Waals surface area contributed by atoms with Crippen LogP contribution in [-0.4, -0.2) is 24.8 Å². The van der Waals surface area contributed by atoms with Gasteiger partial charge in [0.15, 0.2) is 11.6 Å². The molecule has 2 N–H and O–H groups in total. The maximum Gasteiger partial charge on any atom is 0.253 e. The molecule has 1 aliphatic rings. The lowest BCUT2D eigenvalue weighted by molar-refractivity contribution is -0.136. The molecular formula is C26H22F3N3O3. The van der Waals surface area contributed by atoms with Crippen LogP contribution >= 0.6 is 0 Å². The lowest BCUT2D eigenvalue weighted by atomic mass is 9.95. The van der Waals surface area contributed by atoms with Crippen LogP contribution in [0, 0.1) is 23.4 Å². The minimum absolute atomic E-state index is 0.388. The van der Waals surface area contributed by atoms with E-state index < -0.39 is 53.3 Å².